The van der Waals surface area contributed by atoms with Crippen molar-refractivity contribution in [1.29, 1.82) is 0 Å². The lowest BCUT2D eigenvalue weighted by Crippen LogP contribution is -2.32. The van der Waals surface area contributed by atoms with Gasteiger partial charge in [-0.3, -0.25) is 0 Å². The maximum atomic E-state index is 13.2. The van der Waals surface area contributed by atoms with Crippen LogP contribution < -0.4 is 0 Å². The molecule has 2 aliphatic rings. The highest BCUT2D eigenvalue weighted by Crippen LogP contribution is 2.51. The Morgan fingerprint density at radius 3 is 2.07 bits per heavy atom. The van der Waals surface area contributed by atoms with E-state index in [1.165, 1.54) is 12.1 Å². The van der Waals surface area contributed by atoms with E-state index in [4.69, 9.17) is 13.0 Å². The summed E-state index contributed by atoms with van der Waals surface area (Å²) in [6.07, 6.45) is 3.44. The fourth-order valence-electron chi connectivity index (χ4n) is 2.53. The van der Waals surface area contributed by atoms with E-state index in [0.29, 0.717) is 0 Å². The molecule has 0 saturated heterocycles. The van der Waals surface area contributed by atoms with Gasteiger partial charge in [0.25, 0.3) is 0 Å². The molecule has 0 aromatic heterocycles. The van der Waals surface area contributed by atoms with Crippen LogP contribution in [0, 0.1) is 5.82 Å². The summed E-state index contributed by atoms with van der Waals surface area (Å²) in [6, 6.07) is 3.26. The maximum absolute atomic E-state index is 13.2. The van der Waals surface area contributed by atoms with Crippen molar-refractivity contribution in [2.75, 3.05) is 0 Å². The number of fused-ring (bicyclic) bond motifs is 3. The van der Waals surface area contributed by atoms with Crippen molar-refractivity contribution in [3.63, 3.8) is 0 Å². The molecule has 1 aromatic rings. The molecule has 27 heavy (non-hydrogen) atoms. The van der Waals surface area contributed by atoms with E-state index >= 15 is 0 Å². The van der Waals surface area contributed by atoms with Gasteiger partial charge in [-0.2, -0.15) is 13.2 Å². The predicted molar refractivity (Wildman–Crippen MR) is 78.7 cm³/mol. The third-order valence-electron chi connectivity index (χ3n) is 3.51. The zero-order chi connectivity index (χ0) is 20.8. The van der Waals surface area contributed by atoms with E-state index in [-0.39, 0.29) is 10.5 Å². The van der Waals surface area contributed by atoms with Crippen LogP contribution in [0.25, 0.3) is 0 Å². The molecule has 3 unspecified atom stereocenters. The minimum absolute atomic E-state index is 0.0690. The van der Waals surface area contributed by atoms with Gasteiger partial charge in [0, 0.05) is 5.56 Å². The van der Waals surface area contributed by atoms with Crippen molar-refractivity contribution in [2.24, 2.45) is 0 Å². The molecule has 0 bridgehead atoms. The summed E-state index contributed by atoms with van der Waals surface area (Å²) in [5.74, 6) is -1.92. The molecule has 0 spiro atoms. The van der Waals surface area contributed by atoms with Crippen LogP contribution in [0.4, 0.5) is 35.1 Å². The Bertz CT molecular complexity index is 887. The first-order chi connectivity index (χ1) is 12.1. The Kier molecular flexibility index (Phi) is 5.70. The summed E-state index contributed by atoms with van der Waals surface area (Å²) in [7, 11) is -8.11. The van der Waals surface area contributed by atoms with Crippen LogP contribution in [0.15, 0.2) is 47.1 Å². The fourth-order valence-corrected chi connectivity index (χ4v) is 4.79. The lowest BCUT2D eigenvalue weighted by atomic mass is 9.92. The maximum Gasteiger partial charge on any atom is 0.581 e. The van der Waals surface area contributed by atoms with Gasteiger partial charge in [-0.15, -0.1) is 13.2 Å². The first kappa shape index (κ1) is 21.7. The van der Waals surface area contributed by atoms with Crippen molar-refractivity contribution in [2.45, 2.75) is 27.1 Å². The third kappa shape index (κ3) is 4.63. The third-order valence-corrected chi connectivity index (χ3v) is 6.42. The predicted octanol–water partition coefficient (Wildman–Crippen LogP) is 4.26. The van der Waals surface area contributed by atoms with E-state index in [9.17, 15) is 35.1 Å². The summed E-state index contributed by atoms with van der Waals surface area (Å²) in [5, 5.41) is -0.865. The summed E-state index contributed by atoms with van der Waals surface area (Å²) in [5.41, 5.74) is -9.81. The number of allylic oxidation sites excluding steroid dienone is 3. The molecule has 0 N–H and O–H groups in total. The second-order valence-electron chi connectivity index (χ2n) is 5.27. The van der Waals surface area contributed by atoms with Crippen LogP contribution in [0.5, 0.6) is 0 Å². The minimum atomic E-state index is -6.09. The minimum Gasteiger partial charge on any atom is -0.741 e. The highest BCUT2D eigenvalue weighted by molar-refractivity contribution is 7.98. The quantitative estimate of drug-likeness (QED) is 0.262. The Labute approximate surface area is 150 Å². The Balaban J connectivity index is 0.000000279. The molecular weight excluding hydrogens is 432 g/mol. The van der Waals surface area contributed by atoms with E-state index in [1.54, 1.807) is 0 Å². The van der Waals surface area contributed by atoms with Crippen LogP contribution in [-0.2, 0) is 21.0 Å². The molecule has 1 aromatic carbocycles. The lowest BCUT2D eigenvalue weighted by Gasteiger charge is -2.16. The second kappa shape index (κ2) is 7.09. The molecule has 3 nitrogen and oxygen atoms in total. The Hall–Kier alpha value is -1.60. The van der Waals surface area contributed by atoms with Gasteiger partial charge in [0.1, 0.15) is 22.5 Å². The van der Waals surface area contributed by atoms with Crippen molar-refractivity contribution >= 4 is 21.0 Å². The van der Waals surface area contributed by atoms with Crippen molar-refractivity contribution < 1.29 is 48.1 Å². The zero-order valence-electron chi connectivity index (χ0n) is 12.7. The van der Waals surface area contributed by atoms with Gasteiger partial charge in [0.05, 0.1) is 5.92 Å². The van der Waals surface area contributed by atoms with Crippen LogP contribution in [0.3, 0.4) is 0 Å². The average molecular weight is 440 g/mol. The second-order valence-corrected chi connectivity index (χ2v) is 8.76. The van der Waals surface area contributed by atoms with Crippen LogP contribution >= 0.6 is 0 Å². The first-order valence-electron chi connectivity index (χ1n) is 6.80. The van der Waals surface area contributed by atoms with Crippen molar-refractivity contribution in [1.82, 2.24) is 0 Å². The van der Waals surface area contributed by atoms with Gasteiger partial charge in [-0.1, -0.05) is 0 Å². The molecule has 1 heterocycles. The van der Waals surface area contributed by atoms with E-state index in [2.05, 4.69) is 0 Å². The molecule has 3 atom stereocenters. The molecule has 1 aliphatic heterocycles. The molecule has 0 radical (unpaired) electrons. The Morgan fingerprint density at radius 1 is 1.04 bits per heavy atom. The van der Waals surface area contributed by atoms with Crippen LogP contribution in [0.2, 0.25) is 0 Å². The normalized spacial score (nSPS) is 24.5. The highest BCUT2D eigenvalue weighted by atomic mass is 32.2. The van der Waals surface area contributed by atoms with Crippen LogP contribution in [-0.4, -0.2) is 29.2 Å². The van der Waals surface area contributed by atoms with Crippen molar-refractivity contribution in [3.05, 3.63) is 53.6 Å². The SMILES string of the molecule is FC1=CC2c3cc(F)ccc3[S+](C(F)(F)F)C2C=C1.O=S(=O)([O-])C(F)(F)F. The standard InChI is InChI=1S/C13H8F5S.CHF3O3S/c14-7-1-3-11-9(5-7)10-6-8(15)2-4-12(10)19(11)13(16,17)18;2-1(3,4)8(5,6)7/h1-6,9,11H;(H,5,6,7)/q+1;/p-1. The molecule has 3 rings (SSSR count). The largest absolute Gasteiger partial charge is 0.741 e. The molecule has 0 amide bonds. The van der Waals surface area contributed by atoms with E-state index in [1.807, 2.05) is 0 Å². The van der Waals surface area contributed by atoms with Gasteiger partial charge < -0.3 is 4.55 Å². The molecule has 150 valence electrons. The van der Waals surface area contributed by atoms with Crippen LogP contribution in [0.1, 0.15) is 11.5 Å². The number of rotatable bonds is 0. The summed E-state index contributed by atoms with van der Waals surface area (Å²) >= 11 is 0. The number of alkyl halides is 6. The summed E-state index contributed by atoms with van der Waals surface area (Å²) < 4.78 is 125. The Morgan fingerprint density at radius 2 is 1.59 bits per heavy atom. The van der Waals surface area contributed by atoms with Crippen molar-refractivity contribution in [3.8, 4) is 0 Å². The smallest absolute Gasteiger partial charge is 0.581 e. The molecule has 1 aliphatic carbocycles. The number of benzene rings is 1. The highest BCUT2D eigenvalue weighted by Gasteiger charge is 2.64. The topological polar surface area (TPSA) is 57.2 Å². The first-order valence-corrected chi connectivity index (χ1v) is 9.49. The van der Waals surface area contributed by atoms with Gasteiger partial charge in [0.2, 0.25) is 0 Å². The van der Waals surface area contributed by atoms with Gasteiger partial charge in [-0.25, -0.2) is 17.2 Å². The zero-order valence-corrected chi connectivity index (χ0v) is 14.3. The van der Waals surface area contributed by atoms with Gasteiger partial charge in [0.15, 0.2) is 20.3 Å². The van der Waals surface area contributed by atoms with Gasteiger partial charge in [-0.05, 0) is 36.4 Å². The molecule has 13 heteroatoms. The van der Waals surface area contributed by atoms with E-state index in [0.717, 1.165) is 24.3 Å². The average Bonchev–Trinajstić information content (AvgIpc) is 2.79. The number of halogens is 8. The number of hydrogen-bond acceptors (Lipinski definition) is 3. The summed E-state index contributed by atoms with van der Waals surface area (Å²) in [6.45, 7) is 0. The molecule has 0 saturated carbocycles. The monoisotopic (exact) mass is 440 g/mol. The molecular formula is C14H8F8O3S2. The van der Waals surface area contributed by atoms with Gasteiger partial charge >= 0.3 is 11.0 Å². The fraction of sp³-hybridized carbons (Fsp3) is 0.286. The van der Waals surface area contributed by atoms with E-state index < -0.39 is 54.8 Å². The lowest BCUT2D eigenvalue weighted by molar-refractivity contribution is -0.0518. The molecule has 0 fully saturated rings. The number of hydrogen-bond donors (Lipinski definition) is 0. The summed E-state index contributed by atoms with van der Waals surface area (Å²) in [4.78, 5) is 0.0690.